The second-order valence-corrected chi connectivity index (χ2v) is 8.29. The first-order chi connectivity index (χ1) is 15.7. The zero-order chi connectivity index (χ0) is 23.9. The van der Waals surface area contributed by atoms with Crippen LogP contribution in [0, 0.1) is 16.0 Å². The number of Topliss-reactive ketones (excluding diaryl/α,β-unsaturated/α-hetero) is 1. The maximum atomic E-state index is 13.9. The number of hydrogen-bond acceptors (Lipinski definition) is 10. The van der Waals surface area contributed by atoms with Gasteiger partial charge in [0.25, 0.3) is 5.09 Å². The molecule has 1 aromatic carbocycles. The van der Waals surface area contributed by atoms with Crippen LogP contribution in [0.25, 0.3) is 0 Å². The number of aliphatic hydroxyl groups is 1. The van der Waals surface area contributed by atoms with Crippen molar-refractivity contribution in [3.8, 4) is 0 Å². The van der Waals surface area contributed by atoms with Crippen LogP contribution >= 0.6 is 0 Å². The van der Waals surface area contributed by atoms with Crippen LogP contribution < -0.4 is 0 Å². The Balaban J connectivity index is 1.76. The number of methoxy groups -OCH3 is 1. The zero-order valence-corrected chi connectivity index (χ0v) is 18.3. The molecule has 0 saturated carbocycles. The number of aliphatic imine (C=N–C) groups is 1. The molecule has 0 bridgehead atoms. The molecule has 11 nitrogen and oxygen atoms in total. The number of allylic oxidation sites excluding steroid dienone is 1. The fourth-order valence-electron chi connectivity index (χ4n) is 4.91. The van der Waals surface area contributed by atoms with Crippen molar-refractivity contribution in [1.29, 1.82) is 0 Å². The van der Waals surface area contributed by atoms with Crippen molar-refractivity contribution in [3.63, 3.8) is 0 Å². The van der Waals surface area contributed by atoms with Gasteiger partial charge in [0.05, 0.1) is 20.3 Å². The minimum atomic E-state index is -2.13. The molecule has 6 atom stereocenters. The number of hydrogen-bond donors (Lipinski definition) is 1. The summed E-state index contributed by atoms with van der Waals surface area (Å²) in [5.74, 6) is -2.92. The molecular formula is C22H24N2O9. The Labute approximate surface area is 189 Å². The molecule has 2 saturated heterocycles. The normalized spacial score (nSPS) is 33.3. The Morgan fingerprint density at radius 2 is 1.94 bits per heavy atom. The van der Waals surface area contributed by atoms with Crippen molar-refractivity contribution in [1.82, 2.24) is 0 Å². The van der Waals surface area contributed by atoms with Crippen molar-refractivity contribution in [2.45, 2.75) is 43.7 Å². The van der Waals surface area contributed by atoms with E-state index in [1.54, 1.807) is 38.1 Å². The highest BCUT2D eigenvalue weighted by Gasteiger charge is 2.62. The number of ether oxygens (including phenoxy) is 3. The number of rotatable bonds is 6. The molecule has 0 spiro atoms. The number of ketones is 1. The van der Waals surface area contributed by atoms with E-state index < -0.39 is 59.2 Å². The average molecular weight is 460 g/mol. The molecule has 0 aliphatic carbocycles. The number of carbonyl (C=O) groups is 2. The lowest BCUT2D eigenvalue weighted by Crippen LogP contribution is -2.53. The van der Waals surface area contributed by atoms with Crippen LogP contribution in [-0.2, 0) is 28.6 Å². The smallest absolute Gasteiger partial charge is 0.315 e. The molecule has 3 aliphatic rings. The van der Waals surface area contributed by atoms with E-state index in [1.807, 2.05) is 6.07 Å². The molecule has 2 fully saturated rings. The highest BCUT2D eigenvalue weighted by molar-refractivity contribution is 6.11. The lowest BCUT2D eigenvalue weighted by Gasteiger charge is -2.35. The molecular weight excluding hydrogens is 436 g/mol. The Kier molecular flexibility index (Phi) is 6.04. The number of fused-ring (bicyclic) bond motifs is 1. The number of nitrogens with zero attached hydrogens (tertiary/aromatic N) is 2. The van der Waals surface area contributed by atoms with E-state index >= 15 is 0 Å². The molecule has 3 aliphatic heterocycles. The number of carbonyl (C=O) groups excluding carboxylic acids is 2. The average Bonchev–Trinajstić information content (AvgIpc) is 3.34. The second kappa shape index (κ2) is 8.65. The van der Waals surface area contributed by atoms with E-state index in [9.17, 15) is 24.8 Å². The number of esters is 1. The van der Waals surface area contributed by atoms with Crippen molar-refractivity contribution < 1.29 is 38.8 Å². The van der Waals surface area contributed by atoms with Crippen molar-refractivity contribution in [2.24, 2.45) is 10.9 Å². The third-order valence-corrected chi connectivity index (χ3v) is 6.37. The van der Waals surface area contributed by atoms with Crippen LogP contribution in [0.5, 0.6) is 0 Å². The summed E-state index contributed by atoms with van der Waals surface area (Å²) < 4.78 is 16.1. The largest absolute Gasteiger partial charge is 0.468 e. The van der Waals surface area contributed by atoms with E-state index in [0.29, 0.717) is 17.0 Å². The van der Waals surface area contributed by atoms with E-state index in [4.69, 9.17) is 14.2 Å². The summed E-state index contributed by atoms with van der Waals surface area (Å²) in [4.78, 5) is 46.4. The molecule has 0 aromatic heterocycles. The van der Waals surface area contributed by atoms with Crippen molar-refractivity contribution in [2.75, 3.05) is 20.3 Å². The van der Waals surface area contributed by atoms with Gasteiger partial charge in [-0.25, -0.2) is 0 Å². The molecule has 0 amide bonds. The lowest BCUT2D eigenvalue weighted by atomic mass is 9.71. The first kappa shape index (κ1) is 23.0. The van der Waals surface area contributed by atoms with Gasteiger partial charge in [-0.1, -0.05) is 30.3 Å². The maximum absolute atomic E-state index is 13.9. The summed E-state index contributed by atoms with van der Waals surface area (Å²) in [6, 6.07) is 8.94. The van der Waals surface area contributed by atoms with Crippen LogP contribution in [0.2, 0.25) is 0 Å². The first-order valence-corrected chi connectivity index (χ1v) is 10.4. The van der Waals surface area contributed by atoms with Crippen LogP contribution in [0.3, 0.4) is 0 Å². The predicted octanol–water partition coefficient (Wildman–Crippen LogP) is 0.983. The summed E-state index contributed by atoms with van der Waals surface area (Å²) in [5.41, 5.74) is -0.500. The van der Waals surface area contributed by atoms with Gasteiger partial charge in [-0.2, -0.15) is 0 Å². The zero-order valence-electron chi connectivity index (χ0n) is 18.3. The van der Waals surface area contributed by atoms with Gasteiger partial charge < -0.3 is 24.2 Å². The molecule has 11 heteroatoms. The molecule has 2 unspecified atom stereocenters. The molecule has 1 aromatic rings. The van der Waals surface area contributed by atoms with Gasteiger partial charge in [-0.05, 0) is 19.4 Å². The van der Waals surface area contributed by atoms with Crippen molar-refractivity contribution >= 4 is 17.5 Å². The van der Waals surface area contributed by atoms with E-state index in [0.717, 1.165) is 0 Å². The fourth-order valence-corrected chi connectivity index (χ4v) is 4.91. The number of benzene rings is 1. The summed E-state index contributed by atoms with van der Waals surface area (Å²) in [6.45, 7) is 2.66. The van der Waals surface area contributed by atoms with E-state index in [2.05, 4.69) is 9.83 Å². The molecule has 3 heterocycles. The van der Waals surface area contributed by atoms with Gasteiger partial charge in [-0.15, -0.1) is 10.1 Å². The van der Waals surface area contributed by atoms with Gasteiger partial charge >= 0.3 is 5.97 Å². The third kappa shape index (κ3) is 3.81. The third-order valence-electron chi connectivity index (χ3n) is 6.37. The molecule has 33 heavy (non-hydrogen) atoms. The molecule has 4 rings (SSSR count). The Morgan fingerprint density at radius 3 is 2.58 bits per heavy atom. The Bertz CT molecular complexity index is 1040. The summed E-state index contributed by atoms with van der Waals surface area (Å²) >= 11 is 0. The monoisotopic (exact) mass is 460 g/mol. The molecule has 176 valence electrons. The summed E-state index contributed by atoms with van der Waals surface area (Å²) in [6.07, 6.45) is -3.23. The van der Waals surface area contributed by atoms with Crippen molar-refractivity contribution in [3.05, 3.63) is 57.3 Å². The topological polar surface area (TPSA) is 147 Å². The lowest BCUT2D eigenvalue weighted by molar-refractivity contribution is -0.769. The van der Waals surface area contributed by atoms with Crippen LogP contribution in [-0.4, -0.2) is 71.9 Å². The second-order valence-electron chi connectivity index (χ2n) is 8.29. The minimum Gasteiger partial charge on any atom is -0.468 e. The Morgan fingerprint density at radius 1 is 1.24 bits per heavy atom. The summed E-state index contributed by atoms with van der Waals surface area (Å²) in [7, 11) is 1.26. The quantitative estimate of drug-likeness (QED) is 0.373. The van der Waals surface area contributed by atoms with Gasteiger partial charge in [0.15, 0.2) is 17.5 Å². The molecule has 1 N–H and O–H groups in total. The van der Waals surface area contributed by atoms with Gasteiger partial charge in [0.1, 0.15) is 18.1 Å². The highest BCUT2D eigenvalue weighted by atomic mass is 17.0. The fraction of sp³-hybridized carbons (Fsp3) is 0.500. The summed E-state index contributed by atoms with van der Waals surface area (Å²) in [5, 5.41) is 21.2. The van der Waals surface area contributed by atoms with Gasteiger partial charge in [0, 0.05) is 22.9 Å². The molecule has 0 radical (unpaired) electrons. The SMILES string of the molecule is COC(=O)C1C(C)=NC(C)=C(C(=O)[C@]2(O)CO[C@@H]3[C@H](O[N+](=O)[O-])CO[C@@H]32)C1c1ccccc1. The first-order valence-electron chi connectivity index (χ1n) is 10.4. The standard InChI is InChI=1S/C22H24N2O9/c1-11-15(17(13-7-5-4-6-8-13)16(12(2)23-11)21(26)30-3)19(25)22(27)10-32-18-14(33-24(28)29)9-31-20(18)22/h4-8,14,16-18,20,27H,9-10H2,1-3H3/t14-,16?,17?,18-,20+,22-/m1/s1. The van der Waals surface area contributed by atoms with Crippen LogP contribution in [0.4, 0.5) is 0 Å². The maximum Gasteiger partial charge on any atom is 0.315 e. The predicted molar refractivity (Wildman–Crippen MR) is 112 cm³/mol. The minimum absolute atomic E-state index is 0.135. The van der Waals surface area contributed by atoms with E-state index in [1.165, 1.54) is 7.11 Å². The van der Waals surface area contributed by atoms with Gasteiger partial charge in [-0.3, -0.25) is 14.6 Å². The van der Waals surface area contributed by atoms with Gasteiger partial charge in [0.2, 0.25) is 0 Å². The van der Waals surface area contributed by atoms with E-state index in [-0.39, 0.29) is 12.2 Å². The Hall–Kier alpha value is -3.15. The highest BCUT2D eigenvalue weighted by Crippen LogP contribution is 2.45. The van der Waals surface area contributed by atoms with Crippen LogP contribution in [0.1, 0.15) is 25.3 Å². The van der Waals surface area contributed by atoms with Crippen LogP contribution in [0.15, 0.2) is 46.6 Å².